The van der Waals surface area contributed by atoms with Crippen LogP contribution in [0.5, 0.6) is 0 Å². The first-order chi connectivity index (χ1) is 8.79. The molecule has 0 bridgehead atoms. The number of rotatable bonds is 5. The summed E-state index contributed by atoms with van der Waals surface area (Å²) in [5.41, 5.74) is 2.27. The lowest BCUT2D eigenvalue weighted by Gasteiger charge is -2.19. The normalized spacial score (nSPS) is 12.6. The zero-order valence-electron chi connectivity index (χ0n) is 12.1. The maximum absolute atomic E-state index is 12.1. The van der Waals surface area contributed by atoms with Gasteiger partial charge in [0, 0.05) is 23.0 Å². The van der Waals surface area contributed by atoms with Crippen molar-refractivity contribution in [3.8, 4) is 0 Å². The Morgan fingerprint density at radius 3 is 2.37 bits per heavy atom. The Kier molecular flexibility index (Phi) is 5.18. The molecule has 0 saturated carbocycles. The van der Waals surface area contributed by atoms with Crippen LogP contribution in [-0.2, 0) is 4.79 Å². The van der Waals surface area contributed by atoms with Gasteiger partial charge in [-0.3, -0.25) is 9.59 Å². The summed E-state index contributed by atoms with van der Waals surface area (Å²) in [6.45, 7) is 9.39. The number of aromatic nitrogens is 1. The Morgan fingerprint density at radius 1 is 1.32 bits per heavy atom. The average Bonchev–Trinajstić information content (AvgIpc) is 2.62. The van der Waals surface area contributed by atoms with E-state index in [1.807, 2.05) is 39.2 Å². The van der Waals surface area contributed by atoms with E-state index in [2.05, 4.69) is 5.32 Å². The lowest BCUT2D eigenvalue weighted by atomic mass is 10.2. The van der Waals surface area contributed by atoms with Gasteiger partial charge in [0.15, 0.2) is 5.78 Å². The number of ketones is 1. The van der Waals surface area contributed by atoms with E-state index < -0.39 is 0 Å². The van der Waals surface area contributed by atoms with Crippen LogP contribution in [0.2, 0.25) is 0 Å². The van der Waals surface area contributed by atoms with E-state index >= 15 is 0 Å². The van der Waals surface area contributed by atoms with Crippen LogP contribution in [0.3, 0.4) is 0 Å². The van der Waals surface area contributed by atoms with Gasteiger partial charge in [0.05, 0.1) is 5.88 Å². The molecule has 1 aromatic heterocycles. The zero-order valence-corrected chi connectivity index (χ0v) is 12.8. The highest BCUT2D eigenvalue weighted by atomic mass is 35.5. The monoisotopic (exact) mass is 284 g/mol. The number of Topliss-reactive ketones (excluding diaryl/α,β-unsaturated/α-hetero) is 1. The number of nitrogens with one attached hydrogen (secondary N) is 1. The zero-order chi connectivity index (χ0) is 14.7. The molecule has 1 aromatic rings. The van der Waals surface area contributed by atoms with Crippen molar-refractivity contribution in [3.63, 3.8) is 0 Å². The predicted octanol–water partition coefficient (Wildman–Crippen LogP) is 2.61. The molecule has 0 radical (unpaired) electrons. The van der Waals surface area contributed by atoms with E-state index in [4.69, 9.17) is 11.6 Å². The standard InChI is InChI=1S/C14H21ClN2O2/c1-8(2)16-14(19)11(5)17-9(3)6-12(10(17)4)13(18)7-15/h6,8,11H,7H2,1-5H3,(H,16,19). The second kappa shape index (κ2) is 6.24. The molecular weight excluding hydrogens is 264 g/mol. The van der Waals surface area contributed by atoms with Crippen molar-refractivity contribution in [1.29, 1.82) is 0 Å². The van der Waals surface area contributed by atoms with Crippen LogP contribution in [-0.4, -0.2) is 28.2 Å². The van der Waals surface area contributed by atoms with Crippen LogP contribution >= 0.6 is 11.6 Å². The highest BCUT2D eigenvalue weighted by Crippen LogP contribution is 2.21. The number of halogens is 1. The first-order valence-corrected chi connectivity index (χ1v) is 6.91. The number of nitrogens with zero attached hydrogens (tertiary/aromatic N) is 1. The fourth-order valence-corrected chi connectivity index (χ4v) is 2.39. The summed E-state index contributed by atoms with van der Waals surface area (Å²) in [5, 5.41) is 2.88. The van der Waals surface area contributed by atoms with Gasteiger partial charge in [-0.15, -0.1) is 11.6 Å². The number of aryl methyl sites for hydroxylation is 1. The minimum Gasteiger partial charge on any atom is -0.352 e. The second-order valence-corrected chi connectivity index (χ2v) is 5.32. The topological polar surface area (TPSA) is 51.1 Å². The number of carbonyl (C=O) groups excluding carboxylic acids is 2. The summed E-state index contributed by atoms with van der Waals surface area (Å²) in [6.07, 6.45) is 0. The molecule has 0 aromatic carbocycles. The van der Waals surface area contributed by atoms with Gasteiger partial charge in [-0.2, -0.15) is 0 Å². The molecule has 0 aliphatic rings. The molecule has 0 saturated heterocycles. The van der Waals surface area contributed by atoms with Crippen molar-refractivity contribution in [2.45, 2.75) is 46.7 Å². The van der Waals surface area contributed by atoms with Crippen molar-refractivity contribution in [3.05, 3.63) is 23.0 Å². The molecule has 5 heteroatoms. The molecular formula is C14H21ClN2O2. The lowest BCUT2D eigenvalue weighted by Crippen LogP contribution is -2.36. The Bertz CT molecular complexity index is 492. The van der Waals surface area contributed by atoms with Crippen LogP contribution in [0.4, 0.5) is 0 Å². The lowest BCUT2D eigenvalue weighted by molar-refractivity contribution is -0.124. The number of alkyl halides is 1. The molecule has 19 heavy (non-hydrogen) atoms. The quantitative estimate of drug-likeness (QED) is 0.667. The number of hydrogen-bond donors (Lipinski definition) is 1. The van der Waals surface area contributed by atoms with Gasteiger partial charge >= 0.3 is 0 Å². The fourth-order valence-electron chi connectivity index (χ4n) is 2.25. The highest BCUT2D eigenvalue weighted by molar-refractivity contribution is 6.30. The van der Waals surface area contributed by atoms with Gasteiger partial charge in [0.2, 0.25) is 5.91 Å². The van der Waals surface area contributed by atoms with Crippen molar-refractivity contribution in [2.75, 3.05) is 5.88 Å². The molecule has 1 heterocycles. The summed E-state index contributed by atoms with van der Waals surface area (Å²) in [4.78, 5) is 23.8. The third kappa shape index (κ3) is 3.38. The van der Waals surface area contributed by atoms with Crippen molar-refractivity contribution in [2.24, 2.45) is 0 Å². The molecule has 0 aliphatic carbocycles. The van der Waals surface area contributed by atoms with Crippen molar-refractivity contribution < 1.29 is 9.59 Å². The van der Waals surface area contributed by atoms with Gasteiger partial charge in [-0.25, -0.2) is 0 Å². The molecule has 106 valence electrons. The first-order valence-electron chi connectivity index (χ1n) is 6.37. The Morgan fingerprint density at radius 2 is 1.89 bits per heavy atom. The molecule has 0 spiro atoms. The molecule has 1 N–H and O–H groups in total. The molecule has 4 nitrogen and oxygen atoms in total. The van der Waals surface area contributed by atoms with Crippen LogP contribution < -0.4 is 5.32 Å². The van der Waals surface area contributed by atoms with Crippen LogP contribution in [0.15, 0.2) is 6.07 Å². The van der Waals surface area contributed by atoms with Crippen LogP contribution in [0.25, 0.3) is 0 Å². The average molecular weight is 285 g/mol. The number of amides is 1. The van der Waals surface area contributed by atoms with E-state index in [-0.39, 0.29) is 29.7 Å². The number of hydrogen-bond acceptors (Lipinski definition) is 2. The van der Waals surface area contributed by atoms with E-state index in [0.717, 1.165) is 11.4 Å². The number of carbonyl (C=O) groups is 2. The molecule has 1 amide bonds. The third-order valence-corrected chi connectivity index (χ3v) is 3.35. The second-order valence-electron chi connectivity index (χ2n) is 5.05. The van der Waals surface area contributed by atoms with E-state index in [1.165, 1.54) is 0 Å². The summed E-state index contributed by atoms with van der Waals surface area (Å²) < 4.78 is 1.87. The summed E-state index contributed by atoms with van der Waals surface area (Å²) >= 11 is 5.59. The smallest absolute Gasteiger partial charge is 0.242 e. The molecule has 0 aliphatic heterocycles. The van der Waals surface area contributed by atoms with E-state index in [0.29, 0.717) is 5.56 Å². The van der Waals surface area contributed by atoms with Crippen molar-refractivity contribution in [1.82, 2.24) is 9.88 Å². The van der Waals surface area contributed by atoms with Gasteiger partial charge in [0.25, 0.3) is 0 Å². The summed E-state index contributed by atoms with van der Waals surface area (Å²) in [7, 11) is 0. The maximum atomic E-state index is 12.1. The minimum absolute atomic E-state index is 0.0448. The largest absolute Gasteiger partial charge is 0.352 e. The van der Waals surface area contributed by atoms with Gasteiger partial charge in [-0.1, -0.05) is 0 Å². The third-order valence-electron chi connectivity index (χ3n) is 3.10. The van der Waals surface area contributed by atoms with Crippen molar-refractivity contribution >= 4 is 23.3 Å². The molecule has 1 atom stereocenters. The van der Waals surface area contributed by atoms with Gasteiger partial charge in [-0.05, 0) is 40.7 Å². The summed E-state index contributed by atoms with van der Waals surface area (Å²) in [5.74, 6) is -0.212. The SMILES string of the molecule is Cc1cc(C(=O)CCl)c(C)n1C(C)C(=O)NC(C)C. The predicted molar refractivity (Wildman–Crippen MR) is 76.9 cm³/mol. The van der Waals surface area contributed by atoms with Crippen LogP contribution in [0.1, 0.15) is 48.6 Å². The molecule has 1 unspecified atom stereocenters. The molecule has 1 rings (SSSR count). The van der Waals surface area contributed by atoms with E-state index in [9.17, 15) is 9.59 Å². The maximum Gasteiger partial charge on any atom is 0.242 e. The molecule has 0 fully saturated rings. The van der Waals surface area contributed by atoms with Gasteiger partial charge < -0.3 is 9.88 Å². The Hall–Kier alpha value is -1.29. The Labute approximate surface area is 119 Å². The fraction of sp³-hybridized carbons (Fsp3) is 0.571. The highest BCUT2D eigenvalue weighted by Gasteiger charge is 2.22. The first kappa shape index (κ1) is 15.8. The van der Waals surface area contributed by atoms with Gasteiger partial charge in [0.1, 0.15) is 6.04 Å². The Balaban J connectivity index is 3.10. The minimum atomic E-state index is -0.348. The van der Waals surface area contributed by atoms with Crippen LogP contribution in [0, 0.1) is 13.8 Å². The summed E-state index contributed by atoms with van der Waals surface area (Å²) in [6, 6.07) is 1.54. The van der Waals surface area contributed by atoms with E-state index in [1.54, 1.807) is 6.07 Å².